The van der Waals surface area contributed by atoms with E-state index in [2.05, 4.69) is 51.2 Å². The smallest absolute Gasteiger partial charge is 0.423 e. The van der Waals surface area contributed by atoms with Crippen LogP contribution in [0, 0.1) is 23.3 Å². The van der Waals surface area contributed by atoms with E-state index in [-0.39, 0.29) is 49.1 Å². The number of halogens is 18. The summed E-state index contributed by atoms with van der Waals surface area (Å²) in [5.74, 6) is -5.07. The summed E-state index contributed by atoms with van der Waals surface area (Å²) in [6.07, 6.45) is -5.40. The van der Waals surface area contributed by atoms with Gasteiger partial charge in [0.2, 0.25) is 17.8 Å². The van der Waals surface area contributed by atoms with Crippen molar-refractivity contribution in [2.75, 3.05) is 16.8 Å². The van der Waals surface area contributed by atoms with Crippen LogP contribution in [0.2, 0.25) is 15.1 Å². The number of carbonyl (C=O) groups excluding carboxylic acids is 2. The highest BCUT2D eigenvalue weighted by Crippen LogP contribution is 2.37. The van der Waals surface area contributed by atoms with Crippen LogP contribution >= 0.6 is 62.3 Å². The molecule has 0 aliphatic carbocycles. The van der Waals surface area contributed by atoms with E-state index in [1.807, 2.05) is 0 Å². The van der Waals surface area contributed by atoms with E-state index < -0.39 is 87.9 Å². The maximum Gasteiger partial charge on any atom is 0.489 e. The highest BCUT2D eigenvalue weighted by atomic mass is 79.9. The van der Waals surface area contributed by atoms with Gasteiger partial charge in [0, 0.05) is 80.0 Å². The number of hydrogen-bond donors (Lipinski definition) is 5. The number of benzene rings is 5. The zero-order valence-corrected chi connectivity index (χ0v) is 43.2. The number of aromatic nitrogens is 6. The molecule has 0 atom stereocenters. The minimum atomic E-state index is -4.56. The molecule has 414 valence electrons. The zero-order valence-electron chi connectivity index (χ0n) is 38.6. The van der Waals surface area contributed by atoms with Gasteiger partial charge < -0.3 is 21.5 Å². The highest BCUT2D eigenvalue weighted by molar-refractivity contribution is 9.10. The lowest BCUT2D eigenvalue weighted by Crippen LogP contribution is -2.31. The Bertz CT molecular complexity index is 3330. The van der Waals surface area contributed by atoms with Crippen LogP contribution in [0.5, 0.6) is 0 Å². The molecule has 0 unspecified atom stereocenters. The van der Waals surface area contributed by atoms with Crippen molar-refractivity contribution < 1.29 is 76.7 Å². The third-order valence-corrected chi connectivity index (χ3v) is 11.0. The average molecular weight is 1260 g/mol. The minimum absolute atomic E-state index is 0.0366. The van der Waals surface area contributed by atoms with Crippen LogP contribution in [0.3, 0.4) is 0 Å². The Hall–Kier alpha value is -7.21. The fourth-order valence-corrected chi connectivity index (χ4v) is 6.71. The molecule has 7 N–H and O–H groups in total. The Morgan fingerprint density at radius 1 is 0.519 bits per heavy atom. The van der Waals surface area contributed by atoms with Gasteiger partial charge in [-0.2, -0.15) is 39.5 Å². The van der Waals surface area contributed by atoms with Crippen molar-refractivity contribution in [3.63, 3.8) is 0 Å². The van der Waals surface area contributed by atoms with E-state index in [0.29, 0.717) is 17.6 Å². The predicted octanol–water partition coefficient (Wildman–Crippen LogP) is 12.9. The summed E-state index contributed by atoms with van der Waals surface area (Å²) in [5.41, 5.74) is 6.76. The molecule has 0 spiro atoms. The molecule has 1 amide bonds. The summed E-state index contributed by atoms with van der Waals surface area (Å²) in [5, 5.41) is 18.5. The number of nitrogens with two attached hydrogens (primary N) is 2. The highest BCUT2D eigenvalue weighted by Gasteiger charge is 2.33. The fourth-order valence-electron chi connectivity index (χ4n) is 5.66. The molecular formula is C47H28BBrCl4F13N9O4. The predicted molar refractivity (Wildman–Crippen MR) is 271 cm³/mol. The fraction of sp³-hybridized carbons (Fsp3) is 0.0638. The molecular weight excluding hydrogens is 1230 g/mol. The summed E-state index contributed by atoms with van der Waals surface area (Å²) in [6, 6.07) is 14.2. The van der Waals surface area contributed by atoms with Crippen molar-refractivity contribution in [3.8, 4) is 22.3 Å². The topological polar surface area (TPSA) is 216 Å². The Kier molecular flexibility index (Phi) is 22.9. The quantitative estimate of drug-likeness (QED) is 0.0597. The number of hydrogen-bond acceptors (Lipinski definition) is 12. The molecule has 8 rings (SSSR count). The van der Waals surface area contributed by atoms with Gasteiger partial charge in [-0.3, -0.25) is 14.9 Å². The normalized spacial score (nSPS) is 11.0. The molecule has 13 nitrogen and oxygen atoms in total. The molecule has 0 fully saturated rings. The van der Waals surface area contributed by atoms with Crippen LogP contribution in [0.25, 0.3) is 22.3 Å². The first kappa shape index (κ1) is 64.3. The number of nitrogen functional groups attached to an aromatic ring is 2. The van der Waals surface area contributed by atoms with Gasteiger partial charge in [-0.25, -0.2) is 47.5 Å². The lowest BCUT2D eigenvalue weighted by molar-refractivity contribution is -0.138. The first-order chi connectivity index (χ1) is 36.8. The molecule has 32 heteroatoms. The monoisotopic (exact) mass is 1260 g/mol. The lowest BCUT2D eigenvalue weighted by Gasteiger charge is -2.11. The van der Waals surface area contributed by atoms with Crippen LogP contribution in [0.1, 0.15) is 37.4 Å². The zero-order chi connectivity index (χ0) is 59.2. The van der Waals surface area contributed by atoms with Crippen LogP contribution < -0.4 is 22.2 Å². The Morgan fingerprint density at radius 3 is 1.20 bits per heavy atom. The summed E-state index contributed by atoms with van der Waals surface area (Å²) in [6.45, 7) is 0. The van der Waals surface area contributed by atoms with E-state index in [4.69, 9.17) is 67.9 Å². The standard InChI is InChI=1S/C18H9ClF5N3O.C11H7ClF3N3.C7H5BClF3O2.C7H3ClF2O.C4H4BrN3/c19-12-5-4-10(18(22,23)24)6-11(12)9-7-25-17(26-8-9)27-16(28)15-13(20)2-1-3-14(15)21;12-9-2-1-7(11(13,14)15)3-8(9)6-4-17-10(16)18-5-6;9-6-2-1-4(7(10,11)12)3-5(6)8(13)14;8-7(11)6-4(9)2-1-3-5(6)10;5-3-1-7-4(6)8-2-3/h1-8H,(H,25,26,27,28);1-5H,(H2,16,17,18);1-3,13-14H;1-3H;1-2H,(H2,6,7,8). The molecule has 0 radical (unpaired) electrons. The molecule has 0 aliphatic heterocycles. The minimum Gasteiger partial charge on any atom is -0.423 e. The van der Waals surface area contributed by atoms with Gasteiger partial charge in [-0.15, -0.1) is 0 Å². The van der Waals surface area contributed by atoms with Crippen molar-refractivity contribution in [2.45, 2.75) is 18.5 Å². The van der Waals surface area contributed by atoms with Gasteiger partial charge in [-0.1, -0.05) is 46.9 Å². The molecule has 0 saturated carbocycles. The molecule has 0 aliphatic rings. The van der Waals surface area contributed by atoms with Gasteiger partial charge in [0.15, 0.2) is 0 Å². The Morgan fingerprint density at radius 2 is 0.861 bits per heavy atom. The second-order valence-corrected chi connectivity index (χ2v) is 17.3. The summed E-state index contributed by atoms with van der Waals surface area (Å²) >= 11 is 25.3. The van der Waals surface area contributed by atoms with E-state index in [0.717, 1.165) is 95.7 Å². The molecule has 8 aromatic rings. The summed E-state index contributed by atoms with van der Waals surface area (Å²) in [7, 11) is -2.01. The third kappa shape index (κ3) is 19.3. The molecule has 3 aromatic heterocycles. The van der Waals surface area contributed by atoms with Gasteiger partial charge in [0.1, 0.15) is 34.4 Å². The molecule has 0 bridgehead atoms. The van der Waals surface area contributed by atoms with Gasteiger partial charge in [0.25, 0.3) is 11.1 Å². The van der Waals surface area contributed by atoms with E-state index in [9.17, 15) is 66.7 Å². The number of nitrogens with zero attached hydrogens (tertiary/aromatic N) is 6. The number of anilines is 3. The molecule has 79 heavy (non-hydrogen) atoms. The molecule has 0 saturated heterocycles. The second kappa shape index (κ2) is 28.1. The Labute approximate surface area is 464 Å². The van der Waals surface area contributed by atoms with Crippen LogP contribution in [0.4, 0.5) is 74.9 Å². The summed E-state index contributed by atoms with van der Waals surface area (Å²) < 4.78 is 166. The van der Waals surface area contributed by atoms with Gasteiger partial charge >= 0.3 is 25.6 Å². The SMILES string of the molecule is Nc1ncc(-c2cc(C(F)(F)F)ccc2Cl)cn1.Nc1ncc(Br)cn1.O=C(Cl)c1c(F)cccc1F.O=C(Nc1ncc(-c2cc(C(F)(F)F)ccc2Cl)cn1)c1c(F)cccc1F.OB(O)c1cc(C(F)(F)F)ccc1Cl. The van der Waals surface area contributed by atoms with Crippen molar-refractivity contribution in [2.24, 2.45) is 0 Å². The van der Waals surface area contributed by atoms with E-state index in [1.165, 1.54) is 18.5 Å². The number of amides is 1. The second-order valence-electron chi connectivity index (χ2n) is 14.8. The largest absolute Gasteiger partial charge is 0.489 e. The maximum atomic E-state index is 13.6. The van der Waals surface area contributed by atoms with Gasteiger partial charge in [0.05, 0.1) is 21.2 Å². The van der Waals surface area contributed by atoms with Crippen molar-refractivity contribution in [3.05, 3.63) is 199 Å². The van der Waals surface area contributed by atoms with Crippen LogP contribution in [-0.2, 0) is 18.5 Å². The number of carbonyl (C=O) groups is 2. The van der Waals surface area contributed by atoms with Crippen LogP contribution in [-0.4, -0.2) is 58.2 Å². The molecule has 5 aromatic carbocycles. The maximum absolute atomic E-state index is 13.6. The van der Waals surface area contributed by atoms with Crippen molar-refractivity contribution >= 4 is 104 Å². The van der Waals surface area contributed by atoms with Gasteiger partial charge in [-0.05, 0) is 106 Å². The molecule has 3 heterocycles. The Balaban J connectivity index is 0.000000228. The lowest BCUT2D eigenvalue weighted by atomic mass is 9.79. The van der Waals surface area contributed by atoms with Crippen molar-refractivity contribution in [1.82, 2.24) is 29.9 Å². The van der Waals surface area contributed by atoms with E-state index in [1.54, 1.807) is 12.4 Å². The summed E-state index contributed by atoms with van der Waals surface area (Å²) in [4.78, 5) is 44.8. The van der Waals surface area contributed by atoms with Crippen LogP contribution in [0.15, 0.2) is 133 Å². The first-order valence-electron chi connectivity index (χ1n) is 20.8. The van der Waals surface area contributed by atoms with Crippen molar-refractivity contribution in [1.29, 1.82) is 0 Å². The average Bonchev–Trinajstić information content (AvgIpc) is 3.36. The number of nitrogens with one attached hydrogen (secondary N) is 1. The first-order valence-corrected chi connectivity index (χ1v) is 23.1. The third-order valence-electron chi connectivity index (χ3n) is 9.35. The number of alkyl halides is 9. The van der Waals surface area contributed by atoms with E-state index >= 15 is 0 Å². The number of rotatable bonds is 6.